The molecule has 1 aromatic carbocycles. The number of halogens is 1. The van der Waals surface area contributed by atoms with Crippen LogP contribution in [0.4, 0.5) is 10.1 Å². The first-order chi connectivity index (χ1) is 9.13. The van der Waals surface area contributed by atoms with Crippen molar-refractivity contribution in [2.75, 3.05) is 18.3 Å². The van der Waals surface area contributed by atoms with E-state index in [4.69, 9.17) is 5.73 Å². The zero-order chi connectivity index (χ0) is 15.4. The minimum Gasteiger partial charge on any atom is -0.398 e. The van der Waals surface area contributed by atoms with Gasteiger partial charge in [-0.15, -0.1) is 5.54 Å². The fourth-order valence-corrected chi connectivity index (χ4v) is 2.29. The normalized spacial score (nSPS) is 11.8. The molecule has 0 amide bonds. The summed E-state index contributed by atoms with van der Waals surface area (Å²) in [5.41, 5.74) is 10.6. The van der Waals surface area contributed by atoms with Gasteiger partial charge in [-0.05, 0) is 23.8 Å². The van der Waals surface area contributed by atoms with Crippen LogP contribution in [0.5, 0.6) is 0 Å². The third kappa shape index (κ3) is 5.73. The van der Waals surface area contributed by atoms with Gasteiger partial charge in [0.2, 0.25) is 10.0 Å². The summed E-state index contributed by atoms with van der Waals surface area (Å²) in [7, 11) is -5.39. The number of hydrogen-bond acceptors (Lipinski definition) is 3. The van der Waals surface area contributed by atoms with Crippen molar-refractivity contribution in [1.82, 2.24) is 4.72 Å². The first kappa shape index (κ1) is 16.7. The molecule has 4 nitrogen and oxygen atoms in total. The second kappa shape index (κ2) is 6.39. The summed E-state index contributed by atoms with van der Waals surface area (Å²) < 4.78 is 37.3. The van der Waals surface area contributed by atoms with Crippen LogP contribution in [-0.2, 0) is 16.6 Å². The van der Waals surface area contributed by atoms with Gasteiger partial charge in [0.15, 0.2) is 8.07 Å². The second-order valence-corrected chi connectivity index (χ2v) is 11.4. The number of nitrogens with one attached hydrogen (secondary N) is 1. The summed E-state index contributed by atoms with van der Waals surface area (Å²) in [6, 6.07) is 5.14. The van der Waals surface area contributed by atoms with E-state index < -0.39 is 24.4 Å². The Morgan fingerprint density at radius 2 is 2.05 bits per heavy atom. The van der Waals surface area contributed by atoms with E-state index in [1.54, 1.807) is 18.2 Å². The van der Waals surface area contributed by atoms with Crippen molar-refractivity contribution in [3.8, 4) is 11.5 Å². The van der Waals surface area contributed by atoms with E-state index in [2.05, 4.69) is 16.2 Å². The molecule has 0 heterocycles. The second-order valence-electron chi connectivity index (χ2n) is 5.27. The lowest BCUT2D eigenvalue weighted by molar-refractivity contribution is 0.585. The number of nitrogens with two attached hydrogens (primary N) is 1. The lowest BCUT2D eigenvalue weighted by atomic mass is 10.1. The van der Waals surface area contributed by atoms with Gasteiger partial charge in [0.05, 0.1) is 12.6 Å². The van der Waals surface area contributed by atoms with E-state index in [0.29, 0.717) is 16.8 Å². The minimum atomic E-state index is -3.28. The maximum absolute atomic E-state index is 12.7. The van der Waals surface area contributed by atoms with Crippen LogP contribution in [0.1, 0.15) is 11.1 Å². The fraction of sp³-hybridized carbons (Fsp3) is 0.385. The van der Waals surface area contributed by atoms with E-state index in [1.165, 1.54) is 0 Å². The van der Waals surface area contributed by atoms with Gasteiger partial charge >= 0.3 is 0 Å². The van der Waals surface area contributed by atoms with Gasteiger partial charge in [-0.3, -0.25) is 4.39 Å². The van der Waals surface area contributed by atoms with Crippen molar-refractivity contribution in [3.63, 3.8) is 0 Å². The van der Waals surface area contributed by atoms with Crippen LogP contribution in [0, 0.1) is 11.5 Å². The van der Waals surface area contributed by atoms with Crippen LogP contribution in [0.3, 0.4) is 0 Å². The predicted molar refractivity (Wildman–Crippen MR) is 82.9 cm³/mol. The number of anilines is 1. The third-order valence-electron chi connectivity index (χ3n) is 2.55. The minimum absolute atomic E-state index is 0.115. The Labute approximate surface area is 120 Å². The summed E-state index contributed by atoms with van der Waals surface area (Å²) in [4.78, 5) is 0. The van der Waals surface area contributed by atoms with Crippen LogP contribution in [0.15, 0.2) is 18.2 Å². The molecule has 20 heavy (non-hydrogen) atoms. The van der Waals surface area contributed by atoms with E-state index in [-0.39, 0.29) is 6.54 Å². The number of alkyl halides is 1. The Balaban J connectivity index is 2.97. The van der Waals surface area contributed by atoms with Crippen molar-refractivity contribution in [3.05, 3.63) is 29.3 Å². The molecule has 110 valence electrons. The summed E-state index contributed by atoms with van der Waals surface area (Å²) in [6.07, 6.45) is 0.694. The number of sulfonamides is 1. The first-order valence-corrected chi connectivity index (χ1v) is 11.1. The van der Waals surface area contributed by atoms with Gasteiger partial charge in [0.25, 0.3) is 0 Å². The zero-order valence-electron chi connectivity index (χ0n) is 11.8. The lowest BCUT2D eigenvalue weighted by Crippen LogP contribution is -2.26. The molecule has 0 unspecified atom stereocenters. The molecule has 0 aliphatic carbocycles. The van der Waals surface area contributed by atoms with E-state index in [9.17, 15) is 12.8 Å². The predicted octanol–water partition coefficient (Wildman–Crippen LogP) is 1.43. The van der Waals surface area contributed by atoms with Crippen molar-refractivity contribution >= 4 is 23.8 Å². The molecule has 1 rings (SSSR count). The molecule has 3 N–H and O–H groups in total. The molecule has 0 saturated heterocycles. The number of hydrogen-bond donors (Lipinski definition) is 2. The number of nitrogen functional groups attached to an aromatic ring is 1. The molecule has 0 aliphatic rings. The molecular formula is C13H19FN2O2SSi. The molecule has 0 aromatic heterocycles. The molecule has 0 aliphatic heterocycles. The fourth-order valence-electron chi connectivity index (χ4n) is 1.32. The van der Waals surface area contributed by atoms with Gasteiger partial charge in [0.1, 0.15) is 0 Å². The van der Waals surface area contributed by atoms with Crippen LogP contribution in [0.2, 0.25) is 13.1 Å². The molecule has 0 fully saturated rings. The Bertz CT molecular complexity index is 648. The first-order valence-electron chi connectivity index (χ1n) is 6.05. The quantitative estimate of drug-likeness (QED) is 0.502. The number of benzene rings is 1. The van der Waals surface area contributed by atoms with Crippen molar-refractivity contribution in [2.45, 2.75) is 19.6 Å². The smallest absolute Gasteiger partial charge is 0.209 e. The Morgan fingerprint density at radius 1 is 1.40 bits per heavy atom. The van der Waals surface area contributed by atoms with Crippen LogP contribution in [-0.4, -0.2) is 29.0 Å². The molecule has 0 spiro atoms. The highest BCUT2D eigenvalue weighted by Gasteiger charge is 2.17. The van der Waals surface area contributed by atoms with Crippen molar-refractivity contribution in [2.24, 2.45) is 0 Å². The third-order valence-corrected chi connectivity index (χ3v) is 4.69. The molecule has 0 bridgehead atoms. The zero-order valence-corrected chi connectivity index (χ0v) is 13.6. The standard InChI is InChI=1S/C13H19FN2O2SSi/c1-19(17,18)16-9-12-8-11(4-5-13(12)15)6-7-20(2,3)10-14/h4-5,8,16H,9-10,15H2,1-3H3. The van der Waals surface area contributed by atoms with Gasteiger partial charge in [-0.25, -0.2) is 13.1 Å². The van der Waals surface area contributed by atoms with Crippen molar-refractivity contribution < 1.29 is 12.8 Å². The molecule has 0 radical (unpaired) electrons. The van der Waals surface area contributed by atoms with Crippen LogP contribution < -0.4 is 10.5 Å². The topological polar surface area (TPSA) is 72.2 Å². The highest BCUT2D eigenvalue weighted by atomic mass is 32.2. The monoisotopic (exact) mass is 314 g/mol. The summed E-state index contributed by atoms with van der Waals surface area (Å²) >= 11 is 0. The van der Waals surface area contributed by atoms with Gasteiger partial charge in [-0.2, -0.15) is 0 Å². The molecular weight excluding hydrogens is 295 g/mol. The van der Waals surface area contributed by atoms with Crippen LogP contribution >= 0.6 is 0 Å². The summed E-state index contributed by atoms with van der Waals surface area (Å²) in [6.45, 7) is 3.82. The summed E-state index contributed by atoms with van der Waals surface area (Å²) in [5, 5.41) is 0. The maximum Gasteiger partial charge on any atom is 0.209 e. The highest BCUT2D eigenvalue weighted by molar-refractivity contribution is 7.88. The average Bonchev–Trinajstić information content (AvgIpc) is 2.35. The van der Waals surface area contributed by atoms with Gasteiger partial charge in [-0.1, -0.05) is 19.0 Å². The molecule has 0 saturated carbocycles. The lowest BCUT2D eigenvalue weighted by Gasteiger charge is -2.08. The van der Waals surface area contributed by atoms with Gasteiger partial charge < -0.3 is 5.73 Å². The SMILES string of the molecule is C[Si](C)(C#Cc1ccc(N)c(CNS(C)(=O)=O)c1)CF. The summed E-state index contributed by atoms with van der Waals surface area (Å²) in [5.74, 6) is 2.94. The van der Waals surface area contributed by atoms with E-state index in [1.807, 2.05) is 13.1 Å². The van der Waals surface area contributed by atoms with Crippen molar-refractivity contribution in [1.29, 1.82) is 0 Å². The van der Waals surface area contributed by atoms with Crippen LogP contribution in [0.25, 0.3) is 0 Å². The van der Waals surface area contributed by atoms with E-state index >= 15 is 0 Å². The Hall–Kier alpha value is -1.36. The largest absolute Gasteiger partial charge is 0.398 e. The Morgan fingerprint density at radius 3 is 2.60 bits per heavy atom. The Kier molecular flexibility index (Phi) is 5.33. The average molecular weight is 314 g/mol. The van der Waals surface area contributed by atoms with E-state index in [0.717, 1.165) is 6.26 Å². The highest BCUT2D eigenvalue weighted by Crippen LogP contribution is 2.14. The molecule has 7 heteroatoms. The molecule has 1 aromatic rings. The number of rotatable bonds is 4. The van der Waals surface area contributed by atoms with Gasteiger partial charge in [0, 0.05) is 17.8 Å². The maximum atomic E-state index is 12.7. The molecule has 0 atom stereocenters.